The zero-order valence-electron chi connectivity index (χ0n) is 15.3. The van der Waals surface area contributed by atoms with Crippen LogP contribution in [0.4, 0.5) is 0 Å². The monoisotopic (exact) mass is 427 g/mol. The molecule has 0 aliphatic carbocycles. The number of carbonyl (C=O) groups excluding carboxylic acids is 2. The first-order chi connectivity index (χ1) is 13.4. The van der Waals surface area contributed by atoms with Crippen LogP contribution in [0.25, 0.3) is 19.5 Å². The molecule has 5 rings (SSSR count). The van der Waals surface area contributed by atoms with E-state index in [1.165, 1.54) is 25.9 Å². The summed E-state index contributed by atoms with van der Waals surface area (Å²) in [6, 6.07) is 12.5. The van der Waals surface area contributed by atoms with Crippen molar-refractivity contribution in [1.82, 2.24) is 4.90 Å². The van der Waals surface area contributed by atoms with Gasteiger partial charge in [0.2, 0.25) is 5.60 Å². The Morgan fingerprint density at radius 2 is 1.64 bits per heavy atom. The van der Waals surface area contributed by atoms with Gasteiger partial charge in [0, 0.05) is 26.1 Å². The van der Waals surface area contributed by atoms with Crippen LogP contribution in [-0.2, 0) is 18.9 Å². The molecule has 1 spiro atoms. The van der Waals surface area contributed by atoms with Crippen molar-refractivity contribution in [2.75, 3.05) is 20.1 Å². The van der Waals surface area contributed by atoms with E-state index in [4.69, 9.17) is 9.31 Å². The Balaban J connectivity index is 1.38. The van der Waals surface area contributed by atoms with E-state index in [2.05, 4.69) is 32.1 Å². The number of hydrogen-bond donors (Lipinski definition) is 0. The van der Waals surface area contributed by atoms with E-state index in [9.17, 15) is 9.59 Å². The van der Waals surface area contributed by atoms with Gasteiger partial charge in [0.15, 0.2) is 13.6 Å². The number of carbonyl (C=O) groups is 2. The molecule has 0 saturated carbocycles. The lowest BCUT2D eigenvalue weighted by Gasteiger charge is -2.16. The molecule has 1 atom stereocenters. The first-order valence-corrected chi connectivity index (χ1v) is 11.3. The van der Waals surface area contributed by atoms with Crippen LogP contribution in [0, 0.1) is 0 Å². The molecule has 0 N–H and O–H groups in total. The van der Waals surface area contributed by atoms with Gasteiger partial charge in [0.25, 0.3) is 0 Å². The number of thiophene rings is 3. The molecule has 0 amide bonds. The minimum Gasteiger partial charge on any atom is -0.503 e. The van der Waals surface area contributed by atoms with Crippen molar-refractivity contribution in [3.8, 4) is 19.5 Å². The van der Waals surface area contributed by atoms with Crippen LogP contribution in [0.15, 0.2) is 36.4 Å². The van der Waals surface area contributed by atoms with Crippen molar-refractivity contribution in [2.45, 2.75) is 5.60 Å². The average molecular weight is 427 g/mol. The Morgan fingerprint density at radius 3 is 2.29 bits per heavy atom. The Kier molecular flexibility index (Phi) is 4.37. The van der Waals surface area contributed by atoms with Crippen LogP contribution in [0.2, 0.25) is 0 Å². The molecule has 2 saturated heterocycles. The van der Waals surface area contributed by atoms with Gasteiger partial charge in [-0.2, -0.15) is 11.3 Å². The second kappa shape index (κ2) is 6.67. The highest BCUT2D eigenvalue weighted by Gasteiger charge is 2.61. The quantitative estimate of drug-likeness (QED) is 0.461. The molecule has 140 valence electrons. The standard InChI is InChI=1S/C18H15B2NO4S3/c1-21-8-14(22)18(9-21)17(23)24-20(25-18)16-7-5-13(28-16)11-3-2-10(26-11)12-4-6-15(19)27-12/h2-7H,8-9,19H2,1H3. The SMILES string of the molecule is Bc1ccc(-c2ccc(-c3ccc(B4OC(=O)C5(CN(C)CC5=O)O4)s3)s2)s1. The summed E-state index contributed by atoms with van der Waals surface area (Å²) in [7, 11) is 3.08. The molecule has 10 heteroatoms. The summed E-state index contributed by atoms with van der Waals surface area (Å²) in [5.74, 6) is -0.804. The second-order valence-corrected chi connectivity index (χ2v) is 10.5. The number of likely N-dealkylation sites (N-methyl/N-ethyl adjacent to an activating group) is 1. The fourth-order valence-electron chi connectivity index (χ4n) is 3.52. The molecule has 5 heterocycles. The summed E-state index contributed by atoms with van der Waals surface area (Å²) in [6.45, 7) is 0.450. The van der Waals surface area contributed by atoms with Crippen molar-refractivity contribution < 1.29 is 18.9 Å². The maximum atomic E-state index is 12.4. The van der Waals surface area contributed by atoms with Gasteiger partial charge < -0.3 is 9.31 Å². The van der Waals surface area contributed by atoms with E-state index >= 15 is 0 Å². The lowest BCUT2D eigenvalue weighted by molar-refractivity contribution is -0.148. The van der Waals surface area contributed by atoms with Crippen molar-refractivity contribution >= 4 is 70.3 Å². The van der Waals surface area contributed by atoms with Gasteiger partial charge in [0.05, 0.1) is 11.3 Å². The molecule has 3 aromatic rings. The van der Waals surface area contributed by atoms with Gasteiger partial charge in [-0.1, -0.05) is 6.07 Å². The van der Waals surface area contributed by atoms with Crippen molar-refractivity contribution in [1.29, 1.82) is 0 Å². The van der Waals surface area contributed by atoms with Crippen molar-refractivity contribution in [2.24, 2.45) is 0 Å². The topological polar surface area (TPSA) is 55.8 Å². The highest BCUT2D eigenvalue weighted by molar-refractivity contribution is 7.30. The third kappa shape index (κ3) is 2.91. The van der Waals surface area contributed by atoms with Crippen molar-refractivity contribution in [3.63, 3.8) is 0 Å². The van der Waals surface area contributed by atoms with E-state index < -0.39 is 18.7 Å². The molecular weight excluding hydrogens is 412 g/mol. The zero-order chi connectivity index (χ0) is 19.5. The minimum absolute atomic E-state index is 0.206. The third-order valence-corrected chi connectivity index (χ3v) is 8.48. The highest BCUT2D eigenvalue weighted by atomic mass is 32.1. The number of hydrogen-bond acceptors (Lipinski definition) is 8. The lowest BCUT2D eigenvalue weighted by atomic mass is 9.88. The largest absolute Gasteiger partial charge is 0.576 e. The first kappa shape index (κ1) is 18.3. The molecular formula is C18H15B2NO4S3. The van der Waals surface area contributed by atoms with Crippen LogP contribution in [-0.4, -0.2) is 57.4 Å². The fourth-order valence-corrected chi connectivity index (χ4v) is 6.54. The molecule has 2 aliphatic rings. The zero-order valence-corrected chi connectivity index (χ0v) is 17.7. The Labute approximate surface area is 175 Å². The Bertz CT molecular complexity index is 1090. The molecule has 1 unspecified atom stereocenters. The number of likely N-dealkylation sites (tertiary alicyclic amines) is 1. The van der Waals surface area contributed by atoms with Gasteiger partial charge in [0.1, 0.15) is 0 Å². The maximum absolute atomic E-state index is 12.4. The number of rotatable bonds is 3. The predicted octanol–water partition coefficient (Wildman–Crippen LogP) is 0.985. The van der Waals surface area contributed by atoms with Crippen LogP contribution in [0.3, 0.4) is 0 Å². The Hall–Kier alpha value is -1.71. The Morgan fingerprint density at radius 1 is 1.00 bits per heavy atom. The second-order valence-electron chi connectivity index (χ2n) is 7.05. The summed E-state index contributed by atoms with van der Waals surface area (Å²) >= 11 is 5.06. The molecule has 3 aromatic heterocycles. The number of Topliss-reactive ketones (excluding diaryl/α,β-unsaturated/α-hetero) is 1. The lowest BCUT2D eigenvalue weighted by Crippen LogP contribution is -2.46. The number of nitrogens with zero attached hydrogens (tertiary/aromatic N) is 1. The summed E-state index contributed by atoms with van der Waals surface area (Å²) < 4.78 is 13.4. The van der Waals surface area contributed by atoms with Gasteiger partial charge in [-0.25, -0.2) is 0 Å². The van der Waals surface area contributed by atoms with Gasteiger partial charge in [-0.3, -0.25) is 14.5 Å². The highest BCUT2D eigenvalue weighted by Crippen LogP contribution is 2.38. The molecule has 5 nitrogen and oxygen atoms in total. The predicted molar refractivity (Wildman–Crippen MR) is 117 cm³/mol. The van der Waals surface area contributed by atoms with E-state index in [1.54, 1.807) is 34.6 Å². The molecule has 2 fully saturated rings. The van der Waals surface area contributed by atoms with Crippen LogP contribution < -0.4 is 9.55 Å². The van der Waals surface area contributed by atoms with Crippen LogP contribution in [0.1, 0.15) is 0 Å². The van der Waals surface area contributed by atoms with Gasteiger partial charge >= 0.3 is 13.1 Å². The molecule has 2 aliphatic heterocycles. The van der Waals surface area contributed by atoms with Gasteiger partial charge in [-0.05, 0) is 42.2 Å². The fraction of sp³-hybridized carbons (Fsp3) is 0.222. The molecule has 28 heavy (non-hydrogen) atoms. The normalized spacial score (nSPS) is 22.5. The smallest absolute Gasteiger partial charge is 0.503 e. The molecule has 0 radical (unpaired) electrons. The minimum atomic E-state index is -1.46. The maximum Gasteiger partial charge on any atom is 0.576 e. The third-order valence-electron chi connectivity index (χ3n) is 4.90. The summed E-state index contributed by atoms with van der Waals surface area (Å²) in [6.07, 6.45) is 0. The first-order valence-electron chi connectivity index (χ1n) is 8.82. The van der Waals surface area contributed by atoms with Crippen LogP contribution >= 0.6 is 34.0 Å². The van der Waals surface area contributed by atoms with Crippen molar-refractivity contribution in [3.05, 3.63) is 36.4 Å². The summed E-state index contributed by atoms with van der Waals surface area (Å²) in [5.41, 5.74) is -1.46. The molecule has 0 bridgehead atoms. The van der Waals surface area contributed by atoms with E-state index in [0.717, 1.165) is 14.5 Å². The van der Waals surface area contributed by atoms with E-state index in [0.29, 0.717) is 0 Å². The van der Waals surface area contributed by atoms with E-state index in [1.807, 2.05) is 12.1 Å². The average Bonchev–Trinajstić information content (AvgIpc) is 3.42. The van der Waals surface area contributed by atoms with Crippen LogP contribution in [0.5, 0.6) is 0 Å². The molecule has 0 aromatic carbocycles. The summed E-state index contributed by atoms with van der Waals surface area (Å²) in [4.78, 5) is 31.2. The summed E-state index contributed by atoms with van der Waals surface area (Å²) in [5, 5.41) is 0. The number of ketones is 1. The van der Waals surface area contributed by atoms with E-state index in [-0.39, 0.29) is 18.9 Å². The van der Waals surface area contributed by atoms with Gasteiger partial charge in [-0.15, -0.1) is 22.7 Å².